The van der Waals surface area contributed by atoms with Crippen molar-refractivity contribution in [3.63, 3.8) is 0 Å². The minimum Gasteiger partial charge on any atom is -0.384 e. The number of pyridine rings is 1. The van der Waals surface area contributed by atoms with Gasteiger partial charge in [-0.1, -0.05) is 0 Å². The van der Waals surface area contributed by atoms with Crippen molar-refractivity contribution in [1.82, 2.24) is 4.98 Å². The fourth-order valence-electron chi connectivity index (χ4n) is 1.07. The summed E-state index contributed by atoms with van der Waals surface area (Å²) < 4.78 is 24.8. The molecule has 1 heterocycles. The third-order valence-corrected chi connectivity index (χ3v) is 1.95. The van der Waals surface area contributed by atoms with Gasteiger partial charge in [0.1, 0.15) is 11.5 Å². The van der Waals surface area contributed by atoms with Gasteiger partial charge in [-0.3, -0.25) is 4.79 Å². The lowest BCUT2D eigenvalue weighted by molar-refractivity contribution is 0.110. The van der Waals surface area contributed by atoms with E-state index in [2.05, 4.69) is 4.98 Å². The molecule has 6 heteroatoms. The summed E-state index contributed by atoms with van der Waals surface area (Å²) in [6.07, 6.45) is -2.52. The minimum atomic E-state index is -2.83. The van der Waals surface area contributed by atoms with E-state index in [0.717, 1.165) is 0 Å². The first-order valence-electron chi connectivity index (χ1n) is 3.68. The van der Waals surface area contributed by atoms with Crippen LogP contribution in [0.25, 0.3) is 0 Å². The Bertz CT molecular complexity index is 357. The molecule has 0 aromatic carbocycles. The van der Waals surface area contributed by atoms with Crippen LogP contribution in [0.15, 0.2) is 6.07 Å². The van der Waals surface area contributed by atoms with Crippen LogP contribution in [0.2, 0.25) is 0 Å². The fourth-order valence-corrected chi connectivity index (χ4v) is 1.29. The molecule has 2 N–H and O–H groups in total. The number of halogens is 3. The van der Waals surface area contributed by atoms with Gasteiger partial charge in [0.15, 0.2) is 6.29 Å². The van der Waals surface area contributed by atoms with Gasteiger partial charge < -0.3 is 5.73 Å². The molecular weight excluding hydrogens is 214 g/mol. The number of nitrogen functional groups attached to an aromatic ring is 1. The maximum absolute atomic E-state index is 12.4. The Morgan fingerprint density at radius 1 is 1.64 bits per heavy atom. The van der Waals surface area contributed by atoms with Crippen LogP contribution >= 0.6 is 11.6 Å². The summed E-state index contributed by atoms with van der Waals surface area (Å²) in [6, 6.07) is 1.31. The number of carbonyl (C=O) groups is 1. The number of aldehydes is 1. The zero-order valence-corrected chi connectivity index (χ0v) is 7.76. The van der Waals surface area contributed by atoms with Crippen LogP contribution in [0.3, 0.4) is 0 Å². The van der Waals surface area contributed by atoms with E-state index in [1.807, 2.05) is 0 Å². The van der Waals surface area contributed by atoms with E-state index >= 15 is 0 Å². The van der Waals surface area contributed by atoms with Gasteiger partial charge in [-0.05, 0) is 11.6 Å². The number of anilines is 1. The molecule has 0 saturated carbocycles. The molecule has 1 aromatic rings. The van der Waals surface area contributed by atoms with Gasteiger partial charge in [-0.25, -0.2) is 13.8 Å². The zero-order valence-electron chi connectivity index (χ0n) is 7.01. The predicted molar refractivity (Wildman–Crippen MR) is 48.6 cm³/mol. The smallest absolute Gasteiger partial charge is 0.281 e. The van der Waals surface area contributed by atoms with E-state index in [9.17, 15) is 13.6 Å². The Labute approximate surface area is 83.9 Å². The molecule has 0 atom stereocenters. The Hall–Kier alpha value is -1.23. The highest BCUT2D eigenvalue weighted by molar-refractivity contribution is 6.17. The quantitative estimate of drug-likeness (QED) is 0.627. The minimum absolute atomic E-state index is 0.0550. The molecule has 1 rings (SSSR count). The molecule has 0 fully saturated rings. The van der Waals surface area contributed by atoms with Crippen LogP contribution in [0.4, 0.5) is 14.6 Å². The number of nitrogens with two attached hydrogens (primary N) is 1. The average molecular weight is 221 g/mol. The number of carbonyl (C=O) groups excluding carboxylic acids is 1. The number of hydrogen-bond donors (Lipinski definition) is 1. The largest absolute Gasteiger partial charge is 0.384 e. The van der Waals surface area contributed by atoms with E-state index in [4.69, 9.17) is 17.3 Å². The summed E-state index contributed by atoms with van der Waals surface area (Å²) >= 11 is 5.47. The van der Waals surface area contributed by atoms with E-state index in [-0.39, 0.29) is 22.8 Å². The van der Waals surface area contributed by atoms with Gasteiger partial charge in [0.05, 0.1) is 0 Å². The lowest BCUT2D eigenvalue weighted by Crippen LogP contribution is -2.05. The monoisotopic (exact) mass is 220 g/mol. The molecule has 14 heavy (non-hydrogen) atoms. The molecule has 0 amide bonds. The maximum Gasteiger partial charge on any atom is 0.281 e. The molecular formula is C8H7ClF2N2O. The van der Waals surface area contributed by atoms with Crippen molar-refractivity contribution in [2.75, 3.05) is 5.73 Å². The van der Waals surface area contributed by atoms with Crippen molar-refractivity contribution in [3.8, 4) is 0 Å². The third kappa shape index (κ3) is 1.98. The highest BCUT2D eigenvalue weighted by Gasteiger charge is 2.18. The number of rotatable bonds is 3. The number of aromatic nitrogens is 1. The van der Waals surface area contributed by atoms with Crippen molar-refractivity contribution in [3.05, 3.63) is 22.9 Å². The van der Waals surface area contributed by atoms with Crippen molar-refractivity contribution >= 4 is 23.7 Å². The molecule has 0 unspecified atom stereocenters. The SMILES string of the molecule is Nc1cc(CCl)c(C=O)c(C(F)F)n1. The molecule has 1 aromatic heterocycles. The van der Waals surface area contributed by atoms with E-state index in [1.165, 1.54) is 6.07 Å². The Morgan fingerprint density at radius 3 is 2.71 bits per heavy atom. The van der Waals surface area contributed by atoms with Crippen molar-refractivity contribution in [2.24, 2.45) is 0 Å². The predicted octanol–water partition coefficient (Wildman–Crippen LogP) is 2.15. The molecule has 0 radical (unpaired) electrons. The van der Waals surface area contributed by atoms with Crippen LogP contribution < -0.4 is 5.73 Å². The number of alkyl halides is 3. The molecule has 0 saturated heterocycles. The maximum atomic E-state index is 12.4. The zero-order chi connectivity index (χ0) is 10.7. The molecule has 3 nitrogen and oxygen atoms in total. The van der Waals surface area contributed by atoms with Crippen LogP contribution in [0.1, 0.15) is 28.0 Å². The second-order valence-corrected chi connectivity index (χ2v) is 2.82. The van der Waals surface area contributed by atoms with Gasteiger partial charge in [0.2, 0.25) is 0 Å². The molecule has 0 aliphatic rings. The molecule has 0 bridgehead atoms. The summed E-state index contributed by atoms with van der Waals surface area (Å²) in [5, 5.41) is 0. The van der Waals surface area contributed by atoms with Gasteiger partial charge in [-0.2, -0.15) is 0 Å². The highest BCUT2D eigenvalue weighted by atomic mass is 35.5. The van der Waals surface area contributed by atoms with Gasteiger partial charge in [-0.15, -0.1) is 11.6 Å². The number of nitrogens with zero attached hydrogens (tertiary/aromatic N) is 1. The average Bonchev–Trinajstić information content (AvgIpc) is 2.16. The van der Waals surface area contributed by atoms with Gasteiger partial charge in [0, 0.05) is 11.4 Å². The summed E-state index contributed by atoms with van der Waals surface area (Å²) in [5.74, 6) is -0.123. The summed E-state index contributed by atoms with van der Waals surface area (Å²) in [5.41, 5.74) is 4.75. The first-order chi connectivity index (χ1) is 6.60. The third-order valence-electron chi connectivity index (χ3n) is 1.66. The molecule has 76 valence electrons. The van der Waals surface area contributed by atoms with Gasteiger partial charge >= 0.3 is 0 Å². The van der Waals surface area contributed by atoms with E-state index in [0.29, 0.717) is 6.29 Å². The second kappa shape index (κ2) is 4.32. The van der Waals surface area contributed by atoms with Crippen molar-refractivity contribution in [2.45, 2.75) is 12.3 Å². The van der Waals surface area contributed by atoms with Crippen molar-refractivity contribution in [1.29, 1.82) is 0 Å². The van der Waals surface area contributed by atoms with Crippen LogP contribution in [0, 0.1) is 0 Å². The first-order valence-corrected chi connectivity index (χ1v) is 4.22. The van der Waals surface area contributed by atoms with Crippen LogP contribution in [0.5, 0.6) is 0 Å². The lowest BCUT2D eigenvalue weighted by Gasteiger charge is -2.07. The van der Waals surface area contributed by atoms with E-state index < -0.39 is 12.1 Å². The number of hydrogen-bond acceptors (Lipinski definition) is 3. The topological polar surface area (TPSA) is 56.0 Å². The standard InChI is InChI=1S/C8H7ClF2N2O/c9-2-4-1-6(12)13-7(8(10)11)5(4)3-14/h1,3,8H,2H2,(H2,12,13). The van der Waals surface area contributed by atoms with E-state index in [1.54, 1.807) is 0 Å². The van der Waals surface area contributed by atoms with Crippen LogP contribution in [-0.2, 0) is 5.88 Å². The summed E-state index contributed by atoms with van der Waals surface area (Å²) in [4.78, 5) is 13.9. The summed E-state index contributed by atoms with van der Waals surface area (Å²) in [6.45, 7) is 0. The Kier molecular flexibility index (Phi) is 3.35. The second-order valence-electron chi connectivity index (χ2n) is 2.56. The fraction of sp³-hybridized carbons (Fsp3) is 0.250. The Morgan fingerprint density at radius 2 is 2.29 bits per heavy atom. The highest BCUT2D eigenvalue weighted by Crippen LogP contribution is 2.24. The lowest BCUT2D eigenvalue weighted by atomic mass is 10.1. The van der Waals surface area contributed by atoms with Crippen LogP contribution in [-0.4, -0.2) is 11.3 Å². The normalized spacial score (nSPS) is 10.6. The molecule has 0 spiro atoms. The molecule has 0 aliphatic carbocycles. The first kappa shape index (κ1) is 10.8. The molecule has 0 aliphatic heterocycles. The Balaban J connectivity index is 3.39. The van der Waals surface area contributed by atoms with Gasteiger partial charge in [0.25, 0.3) is 6.43 Å². The summed E-state index contributed by atoms with van der Waals surface area (Å²) in [7, 11) is 0. The van der Waals surface area contributed by atoms with Crippen molar-refractivity contribution < 1.29 is 13.6 Å².